The number of aromatic amines is 2. The Morgan fingerprint density at radius 3 is 2.42 bits per heavy atom. The fraction of sp³-hybridized carbons (Fsp3) is 0.312. The van der Waals surface area contributed by atoms with Gasteiger partial charge in [0, 0.05) is 18.7 Å². The van der Waals surface area contributed by atoms with E-state index in [9.17, 15) is 9.59 Å². The van der Waals surface area contributed by atoms with E-state index in [1.807, 2.05) is 60.8 Å². The molecule has 0 saturated carbocycles. The molecular weight excluding hydrogens is 561 g/mol. The number of nitrogens with one attached hydrogen (secondary N) is 3. The summed E-state index contributed by atoms with van der Waals surface area (Å²) in [6, 6.07) is 16.5. The van der Waals surface area contributed by atoms with Crippen molar-refractivity contribution in [1.29, 1.82) is 0 Å². The maximum Gasteiger partial charge on any atom is 0.407 e. The first-order valence-corrected chi connectivity index (χ1v) is 15.0. The summed E-state index contributed by atoms with van der Waals surface area (Å²) in [5.41, 5.74) is 4.29. The maximum absolute atomic E-state index is 13.7. The standard InChI is InChI=1S/C32H34N7O3P/c1-42-32(41)37-28(23-7-3-2-4-8-23)31(40)38-17-5-9-26(38)29-33-19-24(35-29)16-13-21-11-14-22(15-12-21)25-20-34-30(36-25)27-10-6-18-39(27)43/h2-4,7-8,11-12,14-15,19-20,26-28H,5-6,9-10,17-18,43H2,1H3,(H,33,35)(H,34,36)(H,37,41)/t26-,27-,28+/m0/s1. The summed E-state index contributed by atoms with van der Waals surface area (Å²) in [7, 11) is 4.08. The molecule has 4 atom stereocenters. The van der Waals surface area contributed by atoms with Crippen LogP contribution in [0.5, 0.6) is 0 Å². The summed E-state index contributed by atoms with van der Waals surface area (Å²) in [5.74, 6) is 7.84. The second-order valence-corrected chi connectivity index (χ2v) is 11.4. The number of H-pyrrole nitrogens is 2. The van der Waals surface area contributed by atoms with Crippen LogP contribution in [0.3, 0.4) is 0 Å². The number of aromatic nitrogens is 4. The topological polar surface area (TPSA) is 119 Å². The van der Waals surface area contributed by atoms with Crippen molar-refractivity contribution in [3.8, 4) is 23.1 Å². The lowest BCUT2D eigenvalue weighted by Gasteiger charge is -2.28. The number of amides is 2. The predicted octanol–water partition coefficient (Wildman–Crippen LogP) is 4.89. The van der Waals surface area contributed by atoms with Gasteiger partial charge in [-0.15, -0.1) is 0 Å². The van der Waals surface area contributed by atoms with Gasteiger partial charge in [-0.2, -0.15) is 0 Å². The fourth-order valence-corrected chi connectivity index (χ4v) is 6.24. The van der Waals surface area contributed by atoms with Crippen molar-refractivity contribution < 1.29 is 14.3 Å². The molecule has 0 radical (unpaired) electrons. The number of rotatable bonds is 6. The van der Waals surface area contributed by atoms with Crippen LogP contribution >= 0.6 is 9.39 Å². The van der Waals surface area contributed by atoms with Crippen molar-refractivity contribution in [2.24, 2.45) is 0 Å². The molecule has 2 aromatic heterocycles. The second-order valence-electron chi connectivity index (χ2n) is 10.8. The number of carbonyl (C=O) groups excluding carboxylic acids is 2. The maximum atomic E-state index is 13.7. The van der Waals surface area contributed by atoms with E-state index in [2.05, 4.69) is 51.2 Å². The lowest BCUT2D eigenvalue weighted by molar-refractivity contribution is -0.134. The van der Waals surface area contributed by atoms with Crippen LogP contribution in [0, 0.1) is 11.8 Å². The van der Waals surface area contributed by atoms with Gasteiger partial charge in [0.25, 0.3) is 5.91 Å². The number of hydrogen-bond acceptors (Lipinski definition) is 6. The number of methoxy groups -OCH3 is 1. The highest BCUT2D eigenvalue weighted by Crippen LogP contribution is 2.34. The minimum absolute atomic E-state index is 0.207. The lowest BCUT2D eigenvalue weighted by Crippen LogP contribution is -2.42. The van der Waals surface area contributed by atoms with E-state index in [-0.39, 0.29) is 11.9 Å². The van der Waals surface area contributed by atoms with Crippen molar-refractivity contribution in [2.45, 2.75) is 43.8 Å². The average Bonchev–Trinajstić information content (AvgIpc) is 3.86. The zero-order chi connectivity index (χ0) is 29.8. The highest BCUT2D eigenvalue weighted by Gasteiger charge is 2.37. The van der Waals surface area contributed by atoms with Crippen molar-refractivity contribution in [1.82, 2.24) is 34.8 Å². The SMILES string of the molecule is COC(=O)N[C@@H](C(=O)N1CCC[C@H]1c1ncc(C#Cc2ccc(-c3cnc([C@@H]4CCCN4P)[nH]3)cc2)[nH]1)c1ccccc1. The van der Waals surface area contributed by atoms with Gasteiger partial charge in [-0.05, 0) is 54.9 Å². The molecule has 6 rings (SSSR count). The van der Waals surface area contributed by atoms with E-state index in [0.717, 1.165) is 48.5 Å². The minimum Gasteiger partial charge on any atom is -0.453 e. The van der Waals surface area contributed by atoms with Crippen molar-refractivity contribution in [3.63, 3.8) is 0 Å². The summed E-state index contributed by atoms with van der Waals surface area (Å²) in [5, 5.41) is 2.69. The molecule has 3 N–H and O–H groups in total. The summed E-state index contributed by atoms with van der Waals surface area (Å²) in [4.78, 5) is 43.5. The average molecular weight is 596 g/mol. The normalized spacial score (nSPS) is 19.1. The summed E-state index contributed by atoms with van der Waals surface area (Å²) in [6.45, 7) is 1.63. The highest BCUT2D eigenvalue weighted by molar-refractivity contribution is 7.13. The fourth-order valence-electron chi connectivity index (χ4n) is 5.77. The van der Waals surface area contributed by atoms with Crippen LogP contribution in [0.1, 0.15) is 72.3 Å². The molecule has 1 unspecified atom stereocenters. The van der Waals surface area contributed by atoms with Gasteiger partial charge >= 0.3 is 6.09 Å². The summed E-state index contributed by atoms with van der Waals surface area (Å²) in [6.07, 6.45) is 6.81. The number of ether oxygens (including phenoxy) is 1. The lowest BCUT2D eigenvalue weighted by atomic mass is 10.1. The van der Waals surface area contributed by atoms with Crippen LogP contribution in [0.25, 0.3) is 11.3 Å². The van der Waals surface area contributed by atoms with E-state index in [4.69, 9.17) is 4.74 Å². The van der Waals surface area contributed by atoms with Gasteiger partial charge in [0.15, 0.2) is 0 Å². The van der Waals surface area contributed by atoms with Gasteiger partial charge in [-0.3, -0.25) is 9.46 Å². The molecule has 0 bridgehead atoms. The molecule has 2 aliphatic rings. The first-order chi connectivity index (χ1) is 21.0. The molecule has 2 saturated heterocycles. The van der Waals surface area contributed by atoms with Crippen molar-refractivity contribution in [2.75, 3.05) is 20.2 Å². The smallest absolute Gasteiger partial charge is 0.407 e. The molecule has 4 heterocycles. The first-order valence-electron chi connectivity index (χ1n) is 14.4. The highest BCUT2D eigenvalue weighted by atomic mass is 31.0. The quantitative estimate of drug-likeness (QED) is 0.216. The largest absolute Gasteiger partial charge is 0.453 e. The van der Waals surface area contributed by atoms with Gasteiger partial charge < -0.3 is 24.9 Å². The van der Waals surface area contributed by atoms with Crippen molar-refractivity contribution >= 4 is 21.4 Å². The zero-order valence-electron chi connectivity index (χ0n) is 23.9. The third-order valence-electron chi connectivity index (χ3n) is 8.02. The van der Waals surface area contributed by atoms with Gasteiger partial charge in [-0.1, -0.05) is 57.8 Å². The van der Waals surface area contributed by atoms with Crippen LogP contribution in [0.4, 0.5) is 4.79 Å². The predicted molar refractivity (Wildman–Crippen MR) is 165 cm³/mol. The van der Waals surface area contributed by atoms with Gasteiger partial charge in [0.2, 0.25) is 0 Å². The third-order valence-corrected chi connectivity index (χ3v) is 8.64. The number of nitrogens with zero attached hydrogens (tertiary/aromatic N) is 4. The van der Waals surface area contributed by atoms with E-state index in [1.165, 1.54) is 13.5 Å². The van der Waals surface area contributed by atoms with E-state index < -0.39 is 12.1 Å². The van der Waals surface area contributed by atoms with Crippen LogP contribution < -0.4 is 5.32 Å². The van der Waals surface area contributed by atoms with Crippen molar-refractivity contribution in [3.05, 3.63) is 95.5 Å². The number of carbonyl (C=O) groups is 2. The van der Waals surface area contributed by atoms with E-state index in [0.29, 0.717) is 29.7 Å². The van der Waals surface area contributed by atoms with Crippen LogP contribution in [0.15, 0.2) is 67.0 Å². The summed E-state index contributed by atoms with van der Waals surface area (Å²) < 4.78 is 7.04. The molecule has 11 heteroatoms. The molecule has 220 valence electrons. The summed E-state index contributed by atoms with van der Waals surface area (Å²) >= 11 is 0. The Morgan fingerprint density at radius 2 is 1.67 bits per heavy atom. The Balaban J connectivity index is 1.14. The Bertz CT molecular complexity index is 1640. The second kappa shape index (κ2) is 12.8. The van der Waals surface area contributed by atoms with Crippen LogP contribution in [-0.4, -0.2) is 61.7 Å². The minimum atomic E-state index is -0.858. The molecular formula is C32H34N7O3P. The first kappa shape index (κ1) is 28.7. The molecule has 2 aromatic carbocycles. The van der Waals surface area contributed by atoms with E-state index >= 15 is 0 Å². The molecule has 2 fully saturated rings. The number of hydrogen-bond donors (Lipinski definition) is 3. The molecule has 4 aromatic rings. The molecule has 0 aliphatic carbocycles. The molecule has 0 spiro atoms. The number of benzene rings is 2. The van der Waals surface area contributed by atoms with Gasteiger partial charge in [0.05, 0.1) is 37.3 Å². The number of alkyl carbamates (subject to hydrolysis) is 1. The molecule has 2 amide bonds. The van der Waals surface area contributed by atoms with E-state index in [1.54, 1.807) is 11.1 Å². The third kappa shape index (κ3) is 6.34. The Morgan fingerprint density at radius 1 is 0.953 bits per heavy atom. The number of likely N-dealkylation sites (tertiary alicyclic amines) is 1. The molecule has 43 heavy (non-hydrogen) atoms. The molecule has 10 nitrogen and oxygen atoms in total. The Hall–Kier alpha value is -4.45. The van der Waals surface area contributed by atoms with Crippen LogP contribution in [-0.2, 0) is 9.53 Å². The zero-order valence-corrected chi connectivity index (χ0v) is 25.1. The molecule has 2 aliphatic heterocycles. The Kier molecular flexibility index (Phi) is 8.55. The number of imidazole rings is 2. The monoisotopic (exact) mass is 595 g/mol. The van der Waals surface area contributed by atoms with Gasteiger partial charge in [-0.25, -0.2) is 14.8 Å². The van der Waals surface area contributed by atoms with Crippen LogP contribution in [0.2, 0.25) is 0 Å². The van der Waals surface area contributed by atoms with Gasteiger partial charge in [0.1, 0.15) is 23.4 Å². The Labute approximate surface area is 252 Å².